The van der Waals surface area contributed by atoms with Crippen LogP contribution in [-0.2, 0) is 17.6 Å². The first kappa shape index (κ1) is 12.8. The van der Waals surface area contributed by atoms with E-state index in [2.05, 4.69) is 31.3 Å². The van der Waals surface area contributed by atoms with Crippen LogP contribution >= 0.6 is 0 Å². The summed E-state index contributed by atoms with van der Waals surface area (Å²) >= 11 is 0. The van der Waals surface area contributed by atoms with Crippen molar-refractivity contribution in [3.05, 3.63) is 35.4 Å². The predicted molar refractivity (Wildman–Crippen MR) is 67.4 cm³/mol. The van der Waals surface area contributed by atoms with Crippen molar-refractivity contribution in [2.45, 2.75) is 46.1 Å². The molecule has 0 saturated carbocycles. The van der Waals surface area contributed by atoms with Crippen molar-refractivity contribution in [1.29, 1.82) is 0 Å². The minimum absolute atomic E-state index is 0.110. The highest BCUT2D eigenvalue weighted by molar-refractivity contribution is 5.78. The lowest BCUT2D eigenvalue weighted by molar-refractivity contribution is -0.121. The fourth-order valence-corrected chi connectivity index (χ4v) is 1.51. The van der Waals surface area contributed by atoms with Gasteiger partial charge in [-0.3, -0.25) is 4.79 Å². The van der Waals surface area contributed by atoms with Crippen molar-refractivity contribution < 1.29 is 4.79 Å². The lowest BCUT2D eigenvalue weighted by Gasteiger charge is -2.11. The Kier molecular flexibility index (Phi) is 5.03. The van der Waals surface area contributed by atoms with E-state index in [-0.39, 0.29) is 11.9 Å². The quantitative estimate of drug-likeness (QED) is 0.810. The first-order chi connectivity index (χ1) is 7.65. The zero-order valence-corrected chi connectivity index (χ0v) is 10.4. The first-order valence-electron chi connectivity index (χ1n) is 6.02. The zero-order chi connectivity index (χ0) is 12.0. The number of hydrogen-bond acceptors (Lipinski definition) is 1. The molecular formula is C14H21NO. The molecule has 0 spiro atoms. The normalized spacial score (nSPS) is 12.2. The molecule has 0 aliphatic rings. The van der Waals surface area contributed by atoms with Gasteiger partial charge in [0.15, 0.2) is 0 Å². The van der Waals surface area contributed by atoms with Gasteiger partial charge in [-0.15, -0.1) is 0 Å². The summed E-state index contributed by atoms with van der Waals surface area (Å²) < 4.78 is 0. The lowest BCUT2D eigenvalue weighted by atomic mass is 10.1. The van der Waals surface area contributed by atoms with Crippen LogP contribution in [-0.4, -0.2) is 11.9 Å². The standard InChI is InChI=1S/C14H21NO/c1-4-11(3)15-14(16)10-13-8-6-12(5-2)7-9-13/h6-9,11H,4-5,10H2,1-3H3,(H,15,16)/t11-/m1/s1. The van der Waals surface area contributed by atoms with E-state index in [0.29, 0.717) is 6.42 Å². The van der Waals surface area contributed by atoms with Crippen LogP contribution in [0.2, 0.25) is 0 Å². The van der Waals surface area contributed by atoms with Crippen LogP contribution in [0.5, 0.6) is 0 Å². The largest absolute Gasteiger partial charge is 0.353 e. The summed E-state index contributed by atoms with van der Waals surface area (Å²) in [7, 11) is 0. The Morgan fingerprint density at radius 2 is 1.75 bits per heavy atom. The molecule has 0 unspecified atom stereocenters. The molecule has 88 valence electrons. The minimum Gasteiger partial charge on any atom is -0.353 e. The van der Waals surface area contributed by atoms with Gasteiger partial charge in [-0.1, -0.05) is 38.1 Å². The van der Waals surface area contributed by atoms with Crippen molar-refractivity contribution >= 4 is 5.91 Å². The van der Waals surface area contributed by atoms with E-state index >= 15 is 0 Å². The summed E-state index contributed by atoms with van der Waals surface area (Å²) in [5, 5.41) is 2.97. The Balaban J connectivity index is 2.49. The fourth-order valence-electron chi connectivity index (χ4n) is 1.51. The SMILES string of the molecule is CCc1ccc(CC(=O)N[C@H](C)CC)cc1. The van der Waals surface area contributed by atoms with Gasteiger partial charge in [0.05, 0.1) is 6.42 Å². The maximum absolute atomic E-state index is 11.6. The summed E-state index contributed by atoms with van der Waals surface area (Å²) in [6, 6.07) is 8.52. The highest BCUT2D eigenvalue weighted by Crippen LogP contribution is 2.05. The number of amides is 1. The third kappa shape index (κ3) is 4.05. The van der Waals surface area contributed by atoms with Gasteiger partial charge in [-0.25, -0.2) is 0 Å². The van der Waals surface area contributed by atoms with Gasteiger partial charge in [0.25, 0.3) is 0 Å². The van der Waals surface area contributed by atoms with Crippen LogP contribution in [0.4, 0.5) is 0 Å². The van der Waals surface area contributed by atoms with Crippen molar-refractivity contribution in [3.8, 4) is 0 Å². The molecule has 16 heavy (non-hydrogen) atoms. The molecule has 1 atom stereocenters. The molecule has 1 aromatic carbocycles. The van der Waals surface area contributed by atoms with E-state index in [1.165, 1.54) is 5.56 Å². The van der Waals surface area contributed by atoms with E-state index in [0.717, 1.165) is 18.4 Å². The fraction of sp³-hybridized carbons (Fsp3) is 0.500. The van der Waals surface area contributed by atoms with Gasteiger partial charge in [-0.2, -0.15) is 0 Å². The Morgan fingerprint density at radius 3 is 2.25 bits per heavy atom. The topological polar surface area (TPSA) is 29.1 Å². The van der Waals surface area contributed by atoms with Gasteiger partial charge >= 0.3 is 0 Å². The Bertz CT molecular complexity index is 329. The monoisotopic (exact) mass is 219 g/mol. The van der Waals surface area contributed by atoms with Crippen LogP contribution in [0, 0.1) is 0 Å². The third-order valence-corrected chi connectivity index (χ3v) is 2.82. The molecule has 1 N–H and O–H groups in total. The maximum Gasteiger partial charge on any atom is 0.224 e. The Morgan fingerprint density at radius 1 is 1.19 bits per heavy atom. The van der Waals surface area contributed by atoms with E-state index in [1.807, 2.05) is 19.1 Å². The number of carbonyl (C=O) groups excluding carboxylic acids is 1. The van der Waals surface area contributed by atoms with Crippen LogP contribution in [0.15, 0.2) is 24.3 Å². The van der Waals surface area contributed by atoms with Gasteiger partial charge < -0.3 is 5.32 Å². The zero-order valence-electron chi connectivity index (χ0n) is 10.4. The van der Waals surface area contributed by atoms with Crippen molar-refractivity contribution in [2.75, 3.05) is 0 Å². The van der Waals surface area contributed by atoms with Crippen molar-refractivity contribution in [2.24, 2.45) is 0 Å². The smallest absolute Gasteiger partial charge is 0.224 e. The Hall–Kier alpha value is -1.31. The average Bonchev–Trinajstić information content (AvgIpc) is 2.29. The molecule has 1 aromatic rings. The van der Waals surface area contributed by atoms with Crippen LogP contribution in [0.3, 0.4) is 0 Å². The molecule has 0 saturated heterocycles. The van der Waals surface area contributed by atoms with E-state index < -0.39 is 0 Å². The van der Waals surface area contributed by atoms with Crippen LogP contribution in [0.25, 0.3) is 0 Å². The van der Waals surface area contributed by atoms with E-state index in [1.54, 1.807) is 0 Å². The number of benzene rings is 1. The number of carbonyl (C=O) groups is 1. The highest BCUT2D eigenvalue weighted by atomic mass is 16.1. The molecule has 0 aliphatic heterocycles. The van der Waals surface area contributed by atoms with Crippen LogP contribution in [0.1, 0.15) is 38.3 Å². The number of hydrogen-bond donors (Lipinski definition) is 1. The first-order valence-corrected chi connectivity index (χ1v) is 6.02. The summed E-state index contributed by atoms with van der Waals surface area (Å²) in [6.07, 6.45) is 2.49. The lowest BCUT2D eigenvalue weighted by Crippen LogP contribution is -2.33. The second-order valence-electron chi connectivity index (χ2n) is 4.22. The minimum atomic E-state index is 0.110. The third-order valence-electron chi connectivity index (χ3n) is 2.82. The second-order valence-corrected chi connectivity index (χ2v) is 4.22. The predicted octanol–water partition coefficient (Wildman–Crippen LogP) is 2.71. The molecule has 1 rings (SSSR count). The summed E-state index contributed by atoms with van der Waals surface area (Å²) in [4.78, 5) is 11.6. The second kappa shape index (κ2) is 6.31. The maximum atomic E-state index is 11.6. The van der Waals surface area contributed by atoms with Crippen molar-refractivity contribution in [1.82, 2.24) is 5.32 Å². The molecule has 2 nitrogen and oxygen atoms in total. The molecule has 1 amide bonds. The molecule has 0 fully saturated rings. The van der Waals surface area contributed by atoms with Crippen LogP contribution < -0.4 is 5.32 Å². The molecule has 0 aromatic heterocycles. The van der Waals surface area contributed by atoms with Crippen molar-refractivity contribution in [3.63, 3.8) is 0 Å². The summed E-state index contributed by atoms with van der Waals surface area (Å²) in [5.74, 6) is 0.110. The molecule has 0 bridgehead atoms. The van der Waals surface area contributed by atoms with Gasteiger partial charge in [0.1, 0.15) is 0 Å². The summed E-state index contributed by atoms with van der Waals surface area (Å²) in [5.41, 5.74) is 2.39. The van der Waals surface area contributed by atoms with E-state index in [4.69, 9.17) is 0 Å². The van der Waals surface area contributed by atoms with Gasteiger partial charge in [0, 0.05) is 6.04 Å². The number of aryl methyl sites for hydroxylation is 1. The summed E-state index contributed by atoms with van der Waals surface area (Å²) in [6.45, 7) is 6.23. The molecule has 0 heterocycles. The van der Waals surface area contributed by atoms with Gasteiger partial charge in [-0.05, 0) is 30.9 Å². The molecule has 2 heteroatoms. The van der Waals surface area contributed by atoms with E-state index in [9.17, 15) is 4.79 Å². The number of nitrogens with one attached hydrogen (secondary N) is 1. The molecular weight excluding hydrogens is 198 g/mol. The Labute approximate surface area is 98.1 Å². The average molecular weight is 219 g/mol. The van der Waals surface area contributed by atoms with Gasteiger partial charge in [0.2, 0.25) is 5.91 Å². The molecule has 0 aliphatic carbocycles. The highest BCUT2D eigenvalue weighted by Gasteiger charge is 2.06. The molecule has 0 radical (unpaired) electrons. The number of rotatable bonds is 5.